The highest BCUT2D eigenvalue weighted by Gasteiger charge is 2.14. The van der Waals surface area contributed by atoms with Gasteiger partial charge in [-0.2, -0.15) is 0 Å². The standard InChI is InChI=1S/C20H17ClN2O4S/c21-16-6-3-15(4-7-16)5-12-20(24)23-17-8-10-19(11-9-17)28(25,26)22-14-18-2-1-13-27-18/h1-13,22H,14H2,(H,23,24). The molecule has 2 N–H and O–H groups in total. The van der Waals surface area contributed by atoms with Crippen molar-refractivity contribution >= 4 is 39.3 Å². The van der Waals surface area contributed by atoms with E-state index in [0.29, 0.717) is 16.5 Å². The molecule has 1 aromatic heterocycles. The molecule has 0 saturated heterocycles. The first-order valence-corrected chi connectivity index (χ1v) is 10.2. The lowest BCUT2D eigenvalue weighted by atomic mass is 10.2. The Labute approximate surface area is 167 Å². The number of anilines is 1. The lowest BCUT2D eigenvalue weighted by Crippen LogP contribution is -2.23. The third-order valence-corrected chi connectivity index (χ3v) is 5.41. The number of hydrogen-bond acceptors (Lipinski definition) is 4. The van der Waals surface area contributed by atoms with Crippen molar-refractivity contribution in [1.82, 2.24) is 4.72 Å². The summed E-state index contributed by atoms with van der Waals surface area (Å²) in [5.74, 6) is 0.182. The van der Waals surface area contributed by atoms with Crippen molar-refractivity contribution < 1.29 is 17.6 Å². The highest BCUT2D eigenvalue weighted by Crippen LogP contribution is 2.15. The van der Waals surface area contributed by atoms with Gasteiger partial charge in [0.05, 0.1) is 17.7 Å². The Balaban J connectivity index is 1.58. The van der Waals surface area contributed by atoms with Gasteiger partial charge in [-0.3, -0.25) is 4.79 Å². The van der Waals surface area contributed by atoms with Crippen LogP contribution in [0.15, 0.2) is 82.3 Å². The first-order chi connectivity index (χ1) is 13.4. The van der Waals surface area contributed by atoms with E-state index in [9.17, 15) is 13.2 Å². The van der Waals surface area contributed by atoms with E-state index in [-0.39, 0.29) is 17.3 Å². The largest absolute Gasteiger partial charge is 0.468 e. The Morgan fingerprint density at radius 1 is 1.04 bits per heavy atom. The third kappa shape index (κ3) is 5.56. The number of benzene rings is 2. The quantitative estimate of drug-likeness (QED) is 0.568. The zero-order valence-corrected chi connectivity index (χ0v) is 16.2. The average Bonchev–Trinajstić information content (AvgIpc) is 3.20. The first kappa shape index (κ1) is 19.9. The molecule has 3 rings (SSSR count). The number of carbonyl (C=O) groups is 1. The van der Waals surface area contributed by atoms with Crippen LogP contribution in [0, 0.1) is 0 Å². The molecular formula is C20H17ClN2O4S. The Morgan fingerprint density at radius 2 is 1.75 bits per heavy atom. The molecule has 6 nitrogen and oxygen atoms in total. The van der Waals surface area contributed by atoms with E-state index in [4.69, 9.17) is 16.0 Å². The van der Waals surface area contributed by atoms with Gasteiger partial charge in [-0.15, -0.1) is 0 Å². The van der Waals surface area contributed by atoms with Gasteiger partial charge in [0.2, 0.25) is 15.9 Å². The van der Waals surface area contributed by atoms with Gasteiger partial charge in [0, 0.05) is 16.8 Å². The zero-order valence-electron chi connectivity index (χ0n) is 14.6. The molecule has 0 unspecified atom stereocenters. The van der Waals surface area contributed by atoms with E-state index in [1.165, 1.54) is 36.6 Å². The molecule has 1 heterocycles. The second-order valence-corrected chi connectivity index (χ2v) is 8.01. The van der Waals surface area contributed by atoms with Gasteiger partial charge in [-0.05, 0) is 60.2 Å². The van der Waals surface area contributed by atoms with E-state index < -0.39 is 10.0 Å². The molecule has 0 spiro atoms. The molecule has 0 bridgehead atoms. The topological polar surface area (TPSA) is 88.4 Å². The van der Waals surface area contributed by atoms with Crippen LogP contribution in [0.25, 0.3) is 6.08 Å². The molecule has 8 heteroatoms. The number of furan rings is 1. The molecular weight excluding hydrogens is 400 g/mol. The monoisotopic (exact) mass is 416 g/mol. The normalized spacial score (nSPS) is 11.6. The predicted molar refractivity (Wildman–Crippen MR) is 108 cm³/mol. The van der Waals surface area contributed by atoms with Gasteiger partial charge >= 0.3 is 0 Å². The molecule has 0 aliphatic heterocycles. The van der Waals surface area contributed by atoms with E-state index in [1.807, 2.05) is 0 Å². The summed E-state index contributed by atoms with van der Waals surface area (Å²) in [5.41, 5.74) is 1.32. The highest BCUT2D eigenvalue weighted by atomic mass is 35.5. The summed E-state index contributed by atoms with van der Waals surface area (Å²) in [6.45, 7) is 0.0588. The number of rotatable bonds is 7. The van der Waals surface area contributed by atoms with Crippen LogP contribution in [-0.4, -0.2) is 14.3 Å². The van der Waals surface area contributed by atoms with Gasteiger partial charge in [-0.1, -0.05) is 23.7 Å². The Bertz CT molecular complexity index is 1060. The number of carbonyl (C=O) groups excluding carboxylic acids is 1. The van der Waals surface area contributed by atoms with Crippen molar-refractivity contribution in [3.05, 3.63) is 89.3 Å². The molecule has 2 aromatic carbocycles. The molecule has 0 aliphatic carbocycles. The molecule has 144 valence electrons. The fourth-order valence-corrected chi connectivity index (χ4v) is 3.43. The van der Waals surface area contributed by atoms with Gasteiger partial charge in [0.1, 0.15) is 5.76 Å². The van der Waals surface area contributed by atoms with Crippen LogP contribution >= 0.6 is 11.6 Å². The van der Waals surface area contributed by atoms with Crippen LogP contribution in [0.4, 0.5) is 5.69 Å². The van der Waals surface area contributed by atoms with Crippen LogP contribution in [0.3, 0.4) is 0 Å². The first-order valence-electron chi connectivity index (χ1n) is 8.29. The van der Waals surface area contributed by atoms with Crippen molar-refractivity contribution in [3.63, 3.8) is 0 Å². The molecule has 28 heavy (non-hydrogen) atoms. The molecule has 0 saturated carbocycles. The van der Waals surface area contributed by atoms with Crippen LogP contribution in [0.5, 0.6) is 0 Å². The highest BCUT2D eigenvalue weighted by molar-refractivity contribution is 7.89. The molecule has 3 aromatic rings. The number of amides is 1. The van der Waals surface area contributed by atoms with Gasteiger partial charge in [0.25, 0.3) is 0 Å². The number of sulfonamides is 1. The Morgan fingerprint density at radius 3 is 2.39 bits per heavy atom. The molecule has 1 amide bonds. The van der Waals surface area contributed by atoms with E-state index >= 15 is 0 Å². The van der Waals surface area contributed by atoms with Crippen LogP contribution in [0.2, 0.25) is 5.02 Å². The van der Waals surface area contributed by atoms with Crippen molar-refractivity contribution in [2.75, 3.05) is 5.32 Å². The van der Waals surface area contributed by atoms with E-state index in [1.54, 1.807) is 42.5 Å². The Kier molecular flexibility index (Phi) is 6.30. The minimum absolute atomic E-state index is 0.0588. The number of halogens is 1. The number of nitrogens with one attached hydrogen (secondary N) is 2. The summed E-state index contributed by atoms with van der Waals surface area (Å²) in [4.78, 5) is 12.1. The fraction of sp³-hybridized carbons (Fsp3) is 0.0500. The van der Waals surface area contributed by atoms with Crippen LogP contribution in [-0.2, 0) is 21.4 Å². The van der Waals surface area contributed by atoms with Gasteiger partial charge in [0.15, 0.2) is 0 Å². The summed E-state index contributed by atoms with van der Waals surface area (Å²) >= 11 is 5.82. The molecule has 0 atom stereocenters. The summed E-state index contributed by atoms with van der Waals surface area (Å²) in [5, 5.41) is 3.30. The maximum atomic E-state index is 12.3. The van der Waals surface area contributed by atoms with Gasteiger partial charge in [-0.25, -0.2) is 13.1 Å². The fourth-order valence-electron chi connectivity index (χ4n) is 2.31. The Hall–Kier alpha value is -2.87. The smallest absolute Gasteiger partial charge is 0.248 e. The summed E-state index contributed by atoms with van der Waals surface area (Å²) < 4.78 is 32.1. The minimum atomic E-state index is -3.68. The lowest BCUT2D eigenvalue weighted by molar-refractivity contribution is -0.111. The SMILES string of the molecule is O=C(C=Cc1ccc(Cl)cc1)Nc1ccc(S(=O)(=O)NCc2ccco2)cc1. The van der Waals surface area contributed by atoms with Crippen molar-refractivity contribution in [1.29, 1.82) is 0 Å². The van der Waals surface area contributed by atoms with E-state index in [2.05, 4.69) is 10.0 Å². The van der Waals surface area contributed by atoms with Crippen LogP contribution in [0.1, 0.15) is 11.3 Å². The number of hydrogen-bond donors (Lipinski definition) is 2. The van der Waals surface area contributed by atoms with Crippen molar-refractivity contribution in [2.45, 2.75) is 11.4 Å². The van der Waals surface area contributed by atoms with Gasteiger partial charge < -0.3 is 9.73 Å². The van der Waals surface area contributed by atoms with Crippen molar-refractivity contribution in [3.8, 4) is 0 Å². The summed E-state index contributed by atoms with van der Waals surface area (Å²) in [6, 6.07) is 16.3. The predicted octanol–water partition coefficient (Wildman–Crippen LogP) is 4.06. The minimum Gasteiger partial charge on any atom is -0.468 e. The second-order valence-electron chi connectivity index (χ2n) is 5.80. The molecule has 0 radical (unpaired) electrons. The molecule has 0 fully saturated rings. The summed E-state index contributed by atoms with van der Waals surface area (Å²) in [6.07, 6.45) is 4.52. The third-order valence-electron chi connectivity index (χ3n) is 3.75. The van der Waals surface area contributed by atoms with Crippen LogP contribution < -0.4 is 10.0 Å². The summed E-state index contributed by atoms with van der Waals surface area (Å²) in [7, 11) is -3.68. The molecule has 0 aliphatic rings. The maximum absolute atomic E-state index is 12.3. The second kappa shape index (κ2) is 8.88. The maximum Gasteiger partial charge on any atom is 0.248 e. The lowest BCUT2D eigenvalue weighted by Gasteiger charge is -2.07. The van der Waals surface area contributed by atoms with E-state index in [0.717, 1.165) is 5.56 Å². The van der Waals surface area contributed by atoms with Crippen molar-refractivity contribution in [2.24, 2.45) is 0 Å². The average molecular weight is 417 g/mol. The zero-order chi connectivity index (χ0) is 20.0.